The molecule has 0 saturated carbocycles. The van der Waals surface area contributed by atoms with E-state index in [1.807, 2.05) is 39.0 Å². The van der Waals surface area contributed by atoms with Crippen LogP contribution in [0.25, 0.3) is 0 Å². The number of hydrogen-bond acceptors (Lipinski definition) is 5. The van der Waals surface area contributed by atoms with Gasteiger partial charge in [-0.15, -0.1) is 0 Å². The predicted octanol–water partition coefficient (Wildman–Crippen LogP) is 2.26. The lowest BCUT2D eigenvalue weighted by Gasteiger charge is -2.22. The maximum atomic E-state index is 12.8. The number of hydrogen-bond donors (Lipinski definition) is 0. The molecule has 0 radical (unpaired) electrons. The number of aryl methyl sites for hydroxylation is 2. The van der Waals surface area contributed by atoms with Crippen LogP contribution in [-0.2, 0) is 22.6 Å². The summed E-state index contributed by atoms with van der Waals surface area (Å²) in [5.41, 5.74) is 3.09. The van der Waals surface area contributed by atoms with Gasteiger partial charge in [-0.3, -0.25) is 9.59 Å². The van der Waals surface area contributed by atoms with Crippen LogP contribution in [-0.4, -0.2) is 40.4 Å². The van der Waals surface area contributed by atoms with E-state index in [0.717, 1.165) is 16.8 Å². The molecule has 2 amide bonds. The van der Waals surface area contributed by atoms with Gasteiger partial charge >= 0.3 is 0 Å². The molecule has 1 fully saturated rings. The molecule has 2 heterocycles. The van der Waals surface area contributed by atoms with Gasteiger partial charge in [0.25, 0.3) is 0 Å². The normalized spacial score (nSPS) is 17.0. The summed E-state index contributed by atoms with van der Waals surface area (Å²) in [5, 5.41) is 3.84. The average molecular weight is 356 g/mol. The van der Waals surface area contributed by atoms with Crippen LogP contribution in [0.4, 0.5) is 5.69 Å². The van der Waals surface area contributed by atoms with Gasteiger partial charge in [-0.25, -0.2) is 0 Å². The minimum Gasteiger partial charge on any atom is -0.337 e. The molecule has 1 aliphatic rings. The maximum absolute atomic E-state index is 12.8. The molecule has 3 rings (SSSR count). The van der Waals surface area contributed by atoms with E-state index >= 15 is 0 Å². The number of anilines is 1. The third-order valence-corrected chi connectivity index (χ3v) is 4.92. The third kappa shape index (κ3) is 3.47. The monoisotopic (exact) mass is 356 g/mol. The zero-order valence-corrected chi connectivity index (χ0v) is 15.7. The van der Waals surface area contributed by atoms with E-state index in [1.54, 1.807) is 16.8 Å². The van der Waals surface area contributed by atoms with Crippen molar-refractivity contribution in [2.45, 2.75) is 40.2 Å². The molecule has 1 aliphatic heterocycles. The Hall–Kier alpha value is -2.70. The molecule has 1 aromatic carbocycles. The summed E-state index contributed by atoms with van der Waals surface area (Å²) in [6.45, 7) is 6.61. The summed E-state index contributed by atoms with van der Waals surface area (Å²) in [7, 11) is 1.70. The Bertz CT molecular complexity index is 830. The van der Waals surface area contributed by atoms with Crippen LogP contribution in [0, 0.1) is 19.8 Å². The smallest absolute Gasteiger partial charge is 0.246 e. The SMILES string of the molecule is CCc1noc(CN(C)C(=O)C2CC(=O)N(c3cccc(C)c3C)C2)n1. The fourth-order valence-electron chi connectivity index (χ4n) is 3.22. The Morgan fingerprint density at radius 1 is 1.38 bits per heavy atom. The second-order valence-electron chi connectivity index (χ2n) is 6.78. The van der Waals surface area contributed by atoms with E-state index in [-0.39, 0.29) is 30.7 Å². The molecule has 1 atom stereocenters. The van der Waals surface area contributed by atoms with E-state index in [2.05, 4.69) is 10.1 Å². The predicted molar refractivity (Wildman–Crippen MR) is 96.5 cm³/mol. The number of benzene rings is 1. The van der Waals surface area contributed by atoms with Crippen LogP contribution in [0.2, 0.25) is 0 Å². The standard InChI is InChI=1S/C19H24N4O3/c1-5-16-20-17(26-21-16)11-22(4)19(25)14-9-18(24)23(10-14)15-8-6-7-12(2)13(15)3/h6-8,14H,5,9-11H2,1-4H3. The van der Waals surface area contributed by atoms with Crippen molar-refractivity contribution in [3.63, 3.8) is 0 Å². The number of rotatable bonds is 5. The fraction of sp³-hybridized carbons (Fsp3) is 0.474. The Kier molecular flexibility index (Phi) is 5.06. The molecule has 26 heavy (non-hydrogen) atoms. The van der Waals surface area contributed by atoms with Crippen LogP contribution in [0.15, 0.2) is 22.7 Å². The molecule has 7 nitrogen and oxygen atoms in total. The Balaban J connectivity index is 1.69. The summed E-state index contributed by atoms with van der Waals surface area (Å²) < 4.78 is 5.15. The van der Waals surface area contributed by atoms with Crippen molar-refractivity contribution in [3.8, 4) is 0 Å². The molecule has 2 aromatic rings. The highest BCUT2D eigenvalue weighted by Crippen LogP contribution is 2.30. The molecule has 138 valence electrons. The van der Waals surface area contributed by atoms with Gasteiger partial charge in [-0.1, -0.05) is 24.2 Å². The van der Waals surface area contributed by atoms with Gasteiger partial charge < -0.3 is 14.3 Å². The van der Waals surface area contributed by atoms with Crippen LogP contribution in [0.5, 0.6) is 0 Å². The first-order valence-electron chi connectivity index (χ1n) is 8.83. The third-order valence-electron chi connectivity index (χ3n) is 4.92. The highest BCUT2D eigenvalue weighted by Gasteiger charge is 2.37. The minimum absolute atomic E-state index is 0.0171. The lowest BCUT2D eigenvalue weighted by atomic mass is 10.1. The highest BCUT2D eigenvalue weighted by molar-refractivity contribution is 6.00. The molecular formula is C19H24N4O3. The van der Waals surface area contributed by atoms with Gasteiger partial charge in [0, 0.05) is 32.1 Å². The summed E-state index contributed by atoms with van der Waals surface area (Å²) in [6.07, 6.45) is 0.906. The Morgan fingerprint density at radius 3 is 2.85 bits per heavy atom. The van der Waals surface area contributed by atoms with Crippen LogP contribution < -0.4 is 4.90 Å². The van der Waals surface area contributed by atoms with Gasteiger partial charge in [0.1, 0.15) is 0 Å². The topological polar surface area (TPSA) is 79.5 Å². The molecule has 0 aliphatic carbocycles. The number of aromatic nitrogens is 2. The van der Waals surface area contributed by atoms with Gasteiger partial charge in [0.2, 0.25) is 17.7 Å². The van der Waals surface area contributed by atoms with E-state index in [0.29, 0.717) is 24.7 Å². The molecule has 0 bridgehead atoms. The summed E-state index contributed by atoms with van der Waals surface area (Å²) in [6, 6.07) is 5.89. The lowest BCUT2D eigenvalue weighted by Crippen LogP contribution is -2.34. The molecular weight excluding hydrogens is 332 g/mol. The van der Waals surface area contributed by atoms with Gasteiger partial charge in [0.05, 0.1) is 12.5 Å². The molecule has 7 heteroatoms. The second kappa shape index (κ2) is 7.27. The summed E-state index contributed by atoms with van der Waals surface area (Å²) in [5.74, 6) is 0.575. The minimum atomic E-state index is -0.360. The lowest BCUT2D eigenvalue weighted by molar-refractivity contribution is -0.135. The Labute approximate surface area is 153 Å². The number of carbonyl (C=O) groups is 2. The van der Waals surface area contributed by atoms with E-state index < -0.39 is 0 Å². The van der Waals surface area contributed by atoms with Crippen molar-refractivity contribution in [1.29, 1.82) is 0 Å². The fourth-order valence-corrected chi connectivity index (χ4v) is 3.22. The Morgan fingerprint density at radius 2 is 2.15 bits per heavy atom. The van der Waals surface area contributed by atoms with Crippen molar-refractivity contribution < 1.29 is 14.1 Å². The first-order valence-corrected chi connectivity index (χ1v) is 8.83. The molecule has 1 aromatic heterocycles. The average Bonchev–Trinajstić information content (AvgIpc) is 3.23. The van der Waals surface area contributed by atoms with Crippen molar-refractivity contribution in [3.05, 3.63) is 41.0 Å². The van der Waals surface area contributed by atoms with E-state index in [1.165, 1.54) is 0 Å². The van der Waals surface area contributed by atoms with Gasteiger partial charge in [-0.2, -0.15) is 4.98 Å². The highest BCUT2D eigenvalue weighted by atomic mass is 16.5. The van der Waals surface area contributed by atoms with Crippen molar-refractivity contribution >= 4 is 17.5 Å². The number of amides is 2. The van der Waals surface area contributed by atoms with Crippen molar-refractivity contribution in [1.82, 2.24) is 15.0 Å². The van der Waals surface area contributed by atoms with Crippen LogP contribution in [0.3, 0.4) is 0 Å². The number of carbonyl (C=O) groups excluding carboxylic acids is 2. The quantitative estimate of drug-likeness (QED) is 0.821. The van der Waals surface area contributed by atoms with E-state index in [4.69, 9.17) is 4.52 Å². The molecule has 1 unspecified atom stereocenters. The zero-order valence-electron chi connectivity index (χ0n) is 15.7. The largest absolute Gasteiger partial charge is 0.337 e. The summed E-state index contributed by atoms with van der Waals surface area (Å²) >= 11 is 0. The molecule has 1 saturated heterocycles. The first-order chi connectivity index (χ1) is 12.4. The van der Waals surface area contributed by atoms with Crippen molar-refractivity contribution in [2.24, 2.45) is 5.92 Å². The first kappa shape index (κ1) is 18.1. The van der Waals surface area contributed by atoms with Crippen LogP contribution >= 0.6 is 0 Å². The molecule has 0 spiro atoms. The van der Waals surface area contributed by atoms with Crippen molar-refractivity contribution in [2.75, 3.05) is 18.5 Å². The maximum Gasteiger partial charge on any atom is 0.246 e. The van der Waals surface area contributed by atoms with Gasteiger partial charge in [-0.05, 0) is 31.0 Å². The summed E-state index contributed by atoms with van der Waals surface area (Å²) in [4.78, 5) is 32.8. The molecule has 0 N–H and O–H groups in total. The number of nitrogens with zero attached hydrogens (tertiary/aromatic N) is 4. The second-order valence-corrected chi connectivity index (χ2v) is 6.78. The van der Waals surface area contributed by atoms with Crippen LogP contribution in [0.1, 0.15) is 36.2 Å². The zero-order chi connectivity index (χ0) is 18.8. The van der Waals surface area contributed by atoms with E-state index in [9.17, 15) is 9.59 Å². The van der Waals surface area contributed by atoms with Gasteiger partial charge in [0.15, 0.2) is 5.82 Å².